The summed E-state index contributed by atoms with van der Waals surface area (Å²) in [5.74, 6) is 0. The summed E-state index contributed by atoms with van der Waals surface area (Å²) in [6, 6.07) is 7.30. The Balaban J connectivity index is 2.04. The van der Waals surface area contributed by atoms with E-state index in [1.54, 1.807) is 24.7 Å². The highest BCUT2D eigenvalue weighted by Crippen LogP contribution is 2.32. The van der Waals surface area contributed by atoms with Gasteiger partial charge in [0.15, 0.2) is 0 Å². The minimum Gasteiger partial charge on any atom is -0.396 e. The molecule has 0 aliphatic rings. The standard InChI is InChI=1S/C16H15Cl2N3O/c17-11-3-4-12(13(18)9-11)15-16-14(5-6-19-15)21(10-20-16)7-1-2-8-22/h3-6,9-10,22H,1-2,7-8H2. The molecule has 3 aromatic rings. The minimum atomic E-state index is 0.208. The zero-order valence-electron chi connectivity index (χ0n) is 11.8. The van der Waals surface area contributed by atoms with Crippen LogP contribution in [0.3, 0.4) is 0 Å². The molecule has 0 unspecified atom stereocenters. The van der Waals surface area contributed by atoms with Gasteiger partial charge < -0.3 is 9.67 Å². The summed E-state index contributed by atoms with van der Waals surface area (Å²) in [6.07, 6.45) is 5.24. The van der Waals surface area contributed by atoms with E-state index in [-0.39, 0.29) is 6.61 Å². The van der Waals surface area contributed by atoms with Crippen molar-refractivity contribution in [2.45, 2.75) is 19.4 Å². The van der Waals surface area contributed by atoms with Crippen LogP contribution in [-0.4, -0.2) is 26.2 Å². The molecule has 2 aromatic heterocycles. The fourth-order valence-corrected chi connectivity index (χ4v) is 2.94. The number of unbranched alkanes of at least 4 members (excludes halogenated alkanes) is 1. The number of aromatic nitrogens is 3. The van der Waals surface area contributed by atoms with Crippen molar-refractivity contribution in [3.05, 3.63) is 46.8 Å². The molecule has 0 spiro atoms. The van der Waals surface area contributed by atoms with Gasteiger partial charge in [-0.2, -0.15) is 0 Å². The van der Waals surface area contributed by atoms with Crippen LogP contribution in [0.5, 0.6) is 0 Å². The number of pyridine rings is 1. The van der Waals surface area contributed by atoms with Gasteiger partial charge in [0.05, 0.1) is 22.6 Å². The molecule has 1 N–H and O–H groups in total. The smallest absolute Gasteiger partial charge is 0.115 e. The van der Waals surface area contributed by atoms with E-state index in [4.69, 9.17) is 28.3 Å². The van der Waals surface area contributed by atoms with E-state index in [0.29, 0.717) is 10.0 Å². The van der Waals surface area contributed by atoms with Crippen molar-refractivity contribution >= 4 is 34.2 Å². The number of hydrogen-bond acceptors (Lipinski definition) is 3. The molecule has 0 radical (unpaired) electrons. The van der Waals surface area contributed by atoms with Gasteiger partial charge >= 0.3 is 0 Å². The van der Waals surface area contributed by atoms with Crippen LogP contribution >= 0.6 is 23.2 Å². The number of benzene rings is 1. The maximum Gasteiger partial charge on any atom is 0.115 e. The second kappa shape index (κ2) is 6.65. The highest BCUT2D eigenvalue weighted by molar-refractivity contribution is 6.36. The number of hydrogen-bond donors (Lipinski definition) is 1. The molecule has 0 aliphatic heterocycles. The first-order valence-electron chi connectivity index (χ1n) is 7.07. The lowest BCUT2D eigenvalue weighted by molar-refractivity contribution is 0.281. The first-order chi connectivity index (χ1) is 10.7. The quantitative estimate of drug-likeness (QED) is 0.711. The van der Waals surface area contributed by atoms with E-state index in [0.717, 1.165) is 41.7 Å². The molecule has 0 amide bonds. The van der Waals surface area contributed by atoms with Crippen molar-refractivity contribution in [2.75, 3.05) is 6.61 Å². The first-order valence-corrected chi connectivity index (χ1v) is 7.82. The van der Waals surface area contributed by atoms with E-state index in [2.05, 4.69) is 14.5 Å². The third-order valence-electron chi connectivity index (χ3n) is 3.53. The molecule has 114 valence electrons. The molecule has 22 heavy (non-hydrogen) atoms. The zero-order chi connectivity index (χ0) is 15.5. The molecule has 4 nitrogen and oxygen atoms in total. The largest absolute Gasteiger partial charge is 0.396 e. The van der Waals surface area contributed by atoms with Gasteiger partial charge in [-0.1, -0.05) is 23.2 Å². The number of halogens is 2. The molecule has 0 fully saturated rings. The number of aliphatic hydroxyl groups excluding tert-OH is 1. The van der Waals surface area contributed by atoms with Crippen molar-refractivity contribution in [3.8, 4) is 11.3 Å². The Morgan fingerprint density at radius 3 is 2.73 bits per heavy atom. The molecule has 0 atom stereocenters. The fraction of sp³-hybridized carbons (Fsp3) is 0.250. The average molecular weight is 336 g/mol. The fourth-order valence-electron chi connectivity index (χ4n) is 2.44. The van der Waals surface area contributed by atoms with E-state index in [1.807, 2.05) is 12.1 Å². The van der Waals surface area contributed by atoms with Crippen LogP contribution in [0.25, 0.3) is 22.3 Å². The van der Waals surface area contributed by atoms with Crippen molar-refractivity contribution in [2.24, 2.45) is 0 Å². The van der Waals surface area contributed by atoms with Gasteiger partial charge in [-0.15, -0.1) is 0 Å². The Labute approximate surface area is 138 Å². The van der Waals surface area contributed by atoms with Crippen molar-refractivity contribution in [1.82, 2.24) is 14.5 Å². The van der Waals surface area contributed by atoms with Crippen molar-refractivity contribution in [1.29, 1.82) is 0 Å². The van der Waals surface area contributed by atoms with E-state index < -0.39 is 0 Å². The highest BCUT2D eigenvalue weighted by atomic mass is 35.5. The summed E-state index contributed by atoms with van der Waals surface area (Å²) in [7, 11) is 0. The minimum absolute atomic E-state index is 0.208. The molecule has 0 bridgehead atoms. The third-order valence-corrected chi connectivity index (χ3v) is 4.08. The number of rotatable bonds is 5. The predicted molar refractivity (Wildman–Crippen MR) is 89.3 cm³/mol. The molecular formula is C16H15Cl2N3O. The molecule has 6 heteroatoms. The van der Waals surface area contributed by atoms with Crippen LogP contribution in [0.4, 0.5) is 0 Å². The van der Waals surface area contributed by atoms with Gasteiger partial charge in [-0.3, -0.25) is 4.98 Å². The molecule has 2 heterocycles. The Bertz CT molecular complexity index is 801. The SMILES string of the molecule is OCCCCn1cnc2c(-c3ccc(Cl)cc3Cl)nccc21. The maximum absolute atomic E-state index is 8.89. The molecular weight excluding hydrogens is 321 g/mol. The number of aryl methyl sites for hydroxylation is 1. The summed E-state index contributed by atoms with van der Waals surface area (Å²) < 4.78 is 2.07. The summed E-state index contributed by atoms with van der Waals surface area (Å²) in [5.41, 5.74) is 3.39. The van der Waals surface area contributed by atoms with Crippen LogP contribution in [0, 0.1) is 0 Å². The average Bonchev–Trinajstić information content (AvgIpc) is 2.91. The normalized spacial score (nSPS) is 11.2. The summed E-state index contributed by atoms with van der Waals surface area (Å²) in [6.45, 7) is 1.02. The number of imidazole rings is 1. The third kappa shape index (κ3) is 2.95. The molecule has 3 rings (SSSR count). The lowest BCUT2D eigenvalue weighted by Gasteiger charge is -2.07. The van der Waals surface area contributed by atoms with Gasteiger partial charge in [0, 0.05) is 29.9 Å². The van der Waals surface area contributed by atoms with Crippen LogP contribution in [0.2, 0.25) is 10.0 Å². The van der Waals surface area contributed by atoms with Crippen molar-refractivity contribution in [3.63, 3.8) is 0 Å². The highest BCUT2D eigenvalue weighted by Gasteiger charge is 2.13. The van der Waals surface area contributed by atoms with Gasteiger partial charge in [-0.05, 0) is 37.1 Å². The van der Waals surface area contributed by atoms with Gasteiger partial charge in [-0.25, -0.2) is 4.98 Å². The van der Waals surface area contributed by atoms with Gasteiger partial charge in [0.25, 0.3) is 0 Å². The second-order valence-corrected chi connectivity index (χ2v) is 5.86. The number of nitrogens with zero attached hydrogens (tertiary/aromatic N) is 3. The Morgan fingerprint density at radius 1 is 1.09 bits per heavy atom. The van der Waals surface area contributed by atoms with Gasteiger partial charge in [0.1, 0.15) is 5.52 Å². The van der Waals surface area contributed by atoms with Crippen LogP contribution in [0.15, 0.2) is 36.8 Å². The van der Waals surface area contributed by atoms with E-state index in [1.165, 1.54) is 0 Å². The second-order valence-electron chi connectivity index (χ2n) is 5.02. The lowest BCUT2D eigenvalue weighted by Crippen LogP contribution is -1.97. The monoisotopic (exact) mass is 335 g/mol. The summed E-state index contributed by atoms with van der Waals surface area (Å²) in [5, 5.41) is 10.0. The molecule has 0 aliphatic carbocycles. The van der Waals surface area contributed by atoms with Crippen LogP contribution in [0.1, 0.15) is 12.8 Å². The molecule has 1 aromatic carbocycles. The van der Waals surface area contributed by atoms with Crippen LogP contribution < -0.4 is 0 Å². The topological polar surface area (TPSA) is 50.9 Å². The van der Waals surface area contributed by atoms with Crippen LogP contribution in [-0.2, 0) is 6.54 Å². The number of aliphatic hydroxyl groups is 1. The lowest BCUT2D eigenvalue weighted by atomic mass is 10.1. The zero-order valence-corrected chi connectivity index (χ0v) is 13.3. The summed E-state index contributed by atoms with van der Waals surface area (Å²) >= 11 is 12.2. The van der Waals surface area contributed by atoms with E-state index >= 15 is 0 Å². The molecule has 0 saturated heterocycles. The Morgan fingerprint density at radius 2 is 1.95 bits per heavy atom. The predicted octanol–water partition coefficient (Wildman–Crippen LogP) is 4.18. The first kappa shape index (κ1) is 15.3. The maximum atomic E-state index is 8.89. The van der Waals surface area contributed by atoms with Gasteiger partial charge in [0.2, 0.25) is 0 Å². The van der Waals surface area contributed by atoms with Crippen molar-refractivity contribution < 1.29 is 5.11 Å². The Hall–Kier alpha value is -1.62. The Kier molecular flexibility index (Phi) is 4.62. The molecule has 0 saturated carbocycles. The number of fused-ring (bicyclic) bond motifs is 1. The van der Waals surface area contributed by atoms with E-state index in [9.17, 15) is 0 Å². The summed E-state index contributed by atoms with van der Waals surface area (Å²) in [4.78, 5) is 8.92.